The Kier molecular flexibility index (Phi) is 18.7. The van der Waals surface area contributed by atoms with Gasteiger partial charge in [0.1, 0.15) is 61.0 Å². The topological polar surface area (TPSA) is 255 Å². The average Bonchev–Trinajstić information content (AvgIpc) is 3.08. The van der Waals surface area contributed by atoms with E-state index in [2.05, 4.69) is 6.92 Å². The van der Waals surface area contributed by atoms with Crippen molar-refractivity contribution in [3.63, 3.8) is 0 Å². The third-order valence-corrected chi connectivity index (χ3v) is 9.87. The highest BCUT2D eigenvalue weighted by atomic mass is 16.8. The summed E-state index contributed by atoms with van der Waals surface area (Å²) in [5, 5.41) is 93.3. The Hall–Kier alpha value is -1.09. The van der Waals surface area contributed by atoms with Crippen LogP contribution < -0.4 is 0 Å². The molecule has 0 amide bonds. The molecule has 0 spiro atoms. The van der Waals surface area contributed by atoms with Crippen LogP contribution in [0, 0.1) is 0 Å². The van der Waals surface area contributed by atoms with Crippen molar-refractivity contribution in [2.45, 2.75) is 202 Å². The van der Waals surface area contributed by atoms with Gasteiger partial charge in [0.2, 0.25) is 0 Å². The molecule has 16 heteroatoms. The molecule has 9 N–H and O–H groups in total. The van der Waals surface area contributed by atoms with Crippen LogP contribution >= 0.6 is 0 Å². The molecular formula is C34H62O16. The number of carbonyl (C=O) groups is 1. The minimum atomic E-state index is -1.77. The molecular weight excluding hydrogens is 664 g/mol. The number of ether oxygens (including phenoxy) is 6. The van der Waals surface area contributed by atoms with Crippen LogP contribution in [0.1, 0.15) is 104 Å². The molecule has 0 saturated carbocycles. The second kappa shape index (κ2) is 21.6. The van der Waals surface area contributed by atoms with Crippen LogP contribution in [-0.2, 0) is 33.2 Å². The normalized spacial score (nSPS) is 40.1. The van der Waals surface area contributed by atoms with Gasteiger partial charge in [-0.15, -0.1) is 0 Å². The van der Waals surface area contributed by atoms with Crippen LogP contribution in [0.15, 0.2) is 0 Å². The van der Waals surface area contributed by atoms with E-state index in [1.165, 1.54) is 6.92 Å². The van der Waals surface area contributed by atoms with E-state index >= 15 is 0 Å². The molecule has 3 heterocycles. The zero-order chi connectivity index (χ0) is 37.0. The highest BCUT2D eigenvalue weighted by Gasteiger charge is 2.53. The standard InChI is InChI=1S/C34H62O16/c1-4-5-11-14-20(15-12-9-7-6-8-10-13-16-22(36)37)47-33-30(27(42)24(39)19(3)46-33)50-34-31(28(43)25(40)21(17-35)48-34)49-32-29(44)26(41)23(38)18(2)45-32/h18-21,23-35,38-44H,4-17H2,1-3H3,(H,36,37)/t18-,19+,20-,21+,23-,24-,25+,26+,27-,28-,29+,30+,31+,32-,33-,34-/m0/s1. The fraction of sp³-hybridized carbons (Fsp3) is 0.971. The molecule has 3 rings (SSSR count). The van der Waals surface area contributed by atoms with E-state index in [4.69, 9.17) is 33.5 Å². The van der Waals surface area contributed by atoms with Gasteiger partial charge in [-0.2, -0.15) is 0 Å². The summed E-state index contributed by atoms with van der Waals surface area (Å²) >= 11 is 0. The van der Waals surface area contributed by atoms with Crippen LogP contribution in [0.5, 0.6) is 0 Å². The van der Waals surface area contributed by atoms with E-state index in [9.17, 15) is 45.6 Å². The SMILES string of the molecule is CCCCC[C@@H](CCCCCCCCCC(=O)O)O[C@@H]1O[C@H](C)[C@H](O)[C@H](O)[C@H]1O[C@@H]1O[C@H](CO)[C@@H](O)[C@H](O)[C@H]1O[C@@H]1O[C@@H](C)[C@H](O)[C@@H](O)[C@H]1O. The van der Waals surface area contributed by atoms with Crippen molar-refractivity contribution in [3.8, 4) is 0 Å². The van der Waals surface area contributed by atoms with E-state index in [1.54, 1.807) is 6.92 Å². The van der Waals surface area contributed by atoms with Crippen LogP contribution in [0.2, 0.25) is 0 Å². The Morgan fingerprint density at radius 1 is 0.600 bits per heavy atom. The summed E-state index contributed by atoms with van der Waals surface area (Å²) < 4.78 is 35.7. The van der Waals surface area contributed by atoms with E-state index < -0.39 is 105 Å². The number of aliphatic hydroxyl groups is 8. The first-order valence-electron chi connectivity index (χ1n) is 18.3. The Morgan fingerprint density at radius 2 is 1.10 bits per heavy atom. The first kappa shape index (κ1) is 43.3. The minimum absolute atomic E-state index is 0.187. The molecule has 50 heavy (non-hydrogen) atoms. The van der Waals surface area contributed by atoms with Crippen molar-refractivity contribution >= 4 is 5.97 Å². The third kappa shape index (κ3) is 12.2. The summed E-state index contributed by atoms with van der Waals surface area (Å²) in [6.45, 7) is 4.39. The number of unbranched alkanes of at least 4 members (excludes halogenated alkanes) is 8. The number of aliphatic carboxylic acids is 1. The molecule has 0 unspecified atom stereocenters. The number of rotatable bonds is 21. The van der Waals surface area contributed by atoms with Crippen molar-refractivity contribution < 1.29 is 79.2 Å². The number of hydrogen-bond donors (Lipinski definition) is 9. The van der Waals surface area contributed by atoms with Crippen LogP contribution in [0.25, 0.3) is 0 Å². The first-order chi connectivity index (χ1) is 23.8. The van der Waals surface area contributed by atoms with E-state index in [1.807, 2.05) is 0 Å². The molecule has 16 atom stereocenters. The first-order valence-corrected chi connectivity index (χ1v) is 18.3. The van der Waals surface area contributed by atoms with Gasteiger partial charge in [0.05, 0.1) is 24.9 Å². The number of aliphatic hydroxyl groups excluding tert-OH is 8. The Bertz CT molecular complexity index is 960. The van der Waals surface area contributed by atoms with Crippen LogP contribution in [-0.4, -0.2) is 157 Å². The lowest BCUT2D eigenvalue weighted by molar-refractivity contribution is -0.393. The van der Waals surface area contributed by atoms with Gasteiger partial charge < -0.3 is 74.4 Å². The van der Waals surface area contributed by atoms with Gasteiger partial charge in [-0.1, -0.05) is 64.7 Å². The van der Waals surface area contributed by atoms with Gasteiger partial charge >= 0.3 is 5.97 Å². The molecule has 3 aliphatic rings. The number of carboxylic acid groups (broad SMARTS) is 1. The highest BCUT2D eigenvalue weighted by Crippen LogP contribution is 2.34. The van der Waals surface area contributed by atoms with Crippen molar-refractivity contribution in [1.29, 1.82) is 0 Å². The van der Waals surface area contributed by atoms with Crippen molar-refractivity contribution in [3.05, 3.63) is 0 Å². The highest BCUT2D eigenvalue weighted by molar-refractivity contribution is 5.66. The quantitative estimate of drug-likeness (QED) is 0.0709. The lowest BCUT2D eigenvalue weighted by Crippen LogP contribution is -2.66. The van der Waals surface area contributed by atoms with Crippen molar-refractivity contribution in [1.82, 2.24) is 0 Å². The maximum atomic E-state index is 11.2. The summed E-state index contributed by atoms with van der Waals surface area (Å²) in [6, 6.07) is 0. The van der Waals surface area contributed by atoms with Gasteiger partial charge in [-0.25, -0.2) is 0 Å². The molecule has 3 fully saturated rings. The summed E-state index contributed by atoms with van der Waals surface area (Å²) in [7, 11) is 0. The monoisotopic (exact) mass is 726 g/mol. The van der Waals surface area contributed by atoms with Gasteiger partial charge in [-0.05, 0) is 33.1 Å². The summed E-state index contributed by atoms with van der Waals surface area (Å²) in [5.41, 5.74) is 0. The summed E-state index contributed by atoms with van der Waals surface area (Å²) in [5.74, 6) is -0.777. The van der Waals surface area contributed by atoms with Crippen molar-refractivity contribution in [2.24, 2.45) is 0 Å². The molecule has 0 aromatic carbocycles. The lowest BCUT2D eigenvalue weighted by Gasteiger charge is -2.48. The smallest absolute Gasteiger partial charge is 0.303 e. The number of carboxylic acids is 1. The van der Waals surface area contributed by atoms with E-state index in [0.29, 0.717) is 19.3 Å². The van der Waals surface area contributed by atoms with Gasteiger partial charge in [0.25, 0.3) is 0 Å². The van der Waals surface area contributed by atoms with E-state index in [0.717, 1.165) is 57.8 Å². The molecule has 3 saturated heterocycles. The molecule has 0 bridgehead atoms. The second-order valence-corrected chi connectivity index (χ2v) is 13.9. The summed E-state index contributed by atoms with van der Waals surface area (Å²) in [6.07, 6.45) is -11.4. The fourth-order valence-corrected chi connectivity index (χ4v) is 6.63. The molecule has 3 aliphatic heterocycles. The molecule has 0 aromatic rings. The second-order valence-electron chi connectivity index (χ2n) is 13.9. The molecule has 0 radical (unpaired) electrons. The number of hydrogen-bond acceptors (Lipinski definition) is 15. The van der Waals surface area contributed by atoms with Gasteiger partial charge in [0.15, 0.2) is 18.9 Å². The zero-order valence-corrected chi connectivity index (χ0v) is 29.5. The van der Waals surface area contributed by atoms with E-state index in [-0.39, 0.29) is 12.5 Å². The zero-order valence-electron chi connectivity index (χ0n) is 29.5. The molecule has 0 aliphatic carbocycles. The largest absolute Gasteiger partial charge is 0.481 e. The molecule has 0 aromatic heterocycles. The maximum absolute atomic E-state index is 11.2. The molecule has 16 nitrogen and oxygen atoms in total. The van der Waals surface area contributed by atoms with Gasteiger partial charge in [0, 0.05) is 6.42 Å². The minimum Gasteiger partial charge on any atom is -0.481 e. The van der Waals surface area contributed by atoms with Crippen LogP contribution in [0.3, 0.4) is 0 Å². The summed E-state index contributed by atoms with van der Waals surface area (Å²) in [4.78, 5) is 10.7. The Labute approximate surface area is 294 Å². The van der Waals surface area contributed by atoms with Crippen LogP contribution in [0.4, 0.5) is 0 Å². The Morgan fingerprint density at radius 3 is 1.70 bits per heavy atom. The van der Waals surface area contributed by atoms with Gasteiger partial charge in [-0.3, -0.25) is 4.79 Å². The lowest BCUT2D eigenvalue weighted by atomic mass is 9.96. The predicted octanol–water partition coefficient (Wildman–Crippen LogP) is 0.0509. The third-order valence-electron chi connectivity index (χ3n) is 9.87. The maximum Gasteiger partial charge on any atom is 0.303 e. The average molecular weight is 727 g/mol. The molecule has 294 valence electrons. The predicted molar refractivity (Wildman–Crippen MR) is 174 cm³/mol. The van der Waals surface area contributed by atoms with Crippen molar-refractivity contribution in [2.75, 3.05) is 6.61 Å². The fourth-order valence-electron chi connectivity index (χ4n) is 6.63. The Balaban J connectivity index is 1.73.